The zero-order valence-corrected chi connectivity index (χ0v) is 11.8. The Bertz CT molecular complexity index is 253. The molecule has 0 aromatic heterocycles. The van der Waals surface area contributed by atoms with E-state index in [-0.39, 0.29) is 0 Å². The van der Waals surface area contributed by atoms with Crippen LogP contribution in [0.15, 0.2) is 0 Å². The molecule has 0 aromatic carbocycles. The van der Waals surface area contributed by atoms with Gasteiger partial charge in [0.25, 0.3) is 0 Å². The lowest BCUT2D eigenvalue weighted by molar-refractivity contribution is -0.132. The van der Waals surface area contributed by atoms with Gasteiger partial charge >= 0.3 is 0 Å². The van der Waals surface area contributed by atoms with E-state index in [9.17, 15) is 4.79 Å². The van der Waals surface area contributed by atoms with Crippen molar-refractivity contribution < 1.29 is 4.79 Å². The molecule has 1 saturated carbocycles. The van der Waals surface area contributed by atoms with Crippen LogP contribution in [0.25, 0.3) is 0 Å². The molecule has 0 bridgehead atoms. The Morgan fingerprint density at radius 1 is 1.11 bits per heavy atom. The topological polar surface area (TPSA) is 32.3 Å². The van der Waals surface area contributed by atoms with Crippen molar-refractivity contribution >= 4 is 5.91 Å². The zero-order valence-electron chi connectivity index (χ0n) is 11.8. The predicted octanol–water partition coefficient (Wildman–Crippen LogP) is 2.56. The second-order valence-corrected chi connectivity index (χ2v) is 6.10. The number of carbonyl (C=O) groups is 1. The predicted molar refractivity (Wildman–Crippen MR) is 74.5 cm³/mol. The van der Waals surface area contributed by atoms with Gasteiger partial charge in [0.05, 0.1) is 0 Å². The molecule has 1 aliphatic heterocycles. The van der Waals surface area contributed by atoms with Crippen LogP contribution in [0.2, 0.25) is 0 Å². The van der Waals surface area contributed by atoms with Crippen LogP contribution in [0.3, 0.4) is 0 Å². The average molecular weight is 252 g/mol. The van der Waals surface area contributed by atoms with Gasteiger partial charge < -0.3 is 10.2 Å². The molecule has 0 aromatic rings. The molecule has 0 unspecified atom stereocenters. The van der Waals surface area contributed by atoms with Crippen molar-refractivity contribution in [2.45, 2.75) is 64.3 Å². The maximum atomic E-state index is 12.0. The fraction of sp³-hybridized carbons (Fsp3) is 0.933. The molecule has 2 aliphatic rings. The first-order chi connectivity index (χ1) is 8.75. The summed E-state index contributed by atoms with van der Waals surface area (Å²) in [5.41, 5.74) is 0. The first-order valence-electron chi connectivity index (χ1n) is 7.77. The van der Waals surface area contributed by atoms with Crippen molar-refractivity contribution in [3.05, 3.63) is 0 Å². The third kappa shape index (κ3) is 4.27. The number of amides is 1. The van der Waals surface area contributed by atoms with E-state index in [1.807, 2.05) is 4.90 Å². The van der Waals surface area contributed by atoms with E-state index in [0.29, 0.717) is 18.4 Å². The molecule has 2 rings (SSSR count). The highest BCUT2D eigenvalue weighted by Gasteiger charge is 2.19. The molecule has 0 radical (unpaired) electrons. The molecular weight excluding hydrogens is 224 g/mol. The molecule has 1 saturated heterocycles. The molecule has 104 valence electrons. The minimum absolute atomic E-state index is 0.353. The van der Waals surface area contributed by atoms with Gasteiger partial charge in [0, 0.05) is 32.1 Å². The SMILES string of the molecule is CC1CCC(NCCC(=O)N2CCCCC2)CC1. The van der Waals surface area contributed by atoms with Gasteiger partial charge in [-0.25, -0.2) is 0 Å². The van der Waals surface area contributed by atoms with Crippen molar-refractivity contribution in [1.29, 1.82) is 0 Å². The molecule has 3 heteroatoms. The Morgan fingerprint density at radius 2 is 1.78 bits per heavy atom. The van der Waals surface area contributed by atoms with Gasteiger partial charge in [0.15, 0.2) is 0 Å². The maximum Gasteiger partial charge on any atom is 0.223 e. The van der Waals surface area contributed by atoms with Gasteiger partial charge in [-0.1, -0.05) is 6.92 Å². The maximum absolute atomic E-state index is 12.0. The first kappa shape index (κ1) is 13.9. The number of hydrogen-bond donors (Lipinski definition) is 1. The number of hydrogen-bond acceptors (Lipinski definition) is 2. The molecule has 1 heterocycles. The standard InChI is InChI=1S/C15H28N2O/c1-13-5-7-14(8-6-13)16-10-9-15(18)17-11-3-2-4-12-17/h13-14,16H,2-12H2,1H3. The summed E-state index contributed by atoms with van der Waals surface area (Å²) >= 11 is 0. The monoisotopic (exact) mass is 252 g/mol. The van der Waals surface area contributed by atoms with Gasteiger partial charge in [-0.3, -0.25) is 4.79 Å². The Labute approximate surface area is 111 Å². The van der Waals surface area contributed by atoms with Crippen LogP contribution < -0.4 is 5.32 Å². The molecular formula is C15H28N2O. The Morgan fingerprint density at radius 3 is 2.44 bits per heavy atom. The van der Waals surface area contributed by atoms with E-state index in [1.165, 1.54) is 44.9 Å². The lowest BCUT2D eigenvalue weighted by Crippen LogP contribution is -2.39. The third-order valence-electron chi connectivity index (χ3n) is 4.50. The van der Waals surface area contributed by atoms with E-state index in [4.69, 9.17) is 0 Å². The number of carbonyl (C=O) groups excluding carboxylic acids is 1. The lowest BCUT2D eigenvalue weighted by atomic mass is 9.87. The Balaban J connectivity index is 1.58. The number of rotatable bonds is 4. The quantitative estimate of drug-likeness (QED) is 0.834. The van der Waals surface area contributed by atoms with Crippen LogP contribution in [-0.4, -0.2) is 36.5 Å². The number of piperidine rings is 1. The lowest BCUT2D eigenvalue weighted by Gasteiger charge is -2.29. The summed E-state index contributed by atoms with van der Waals surface area (Å²) in [6.07, 6.45) is 9.64. The van der Waals surface area contributed by atoms with Crippen LogP contribution in [0.5, 0.6) is 0 Å². The zero-order chi connectivity index (χ0) is 12.8. The van der Waals surface area contributed by atoms with Gasteiger partial charge in [-0.2, -0.15) is 0 Å². The number of likely N-dealkylation sites (tertiary alicyclic amines) is 1. The third-order valence-corrected chi connectivity index (χ3v) is 4.50. The molecule has 3 nitrogen and oxygen atoms in total. The molecule has 2 fully saturated rings. The average Bonchev–Trinajstić information content (AvgIpc) is 2.42. The van der Waals surface area contributed by atoms with Gasteiger partial charge in [0.2, 0.25) is 5.91 Å². The second-order valence-electron chi connectivity index (χ2n) is 6.10. The van der Waals surface area contributed by atoms with Crippen molar-refractivity contribution in [3.8, 4) is 0 Å². The van der Waals surface area contributed by atoms with Gasteiger partial charge in [-0.15, -0.1) is 0 Å². The largest absolute Gasteiger partial charge is 0.343 e. The van der Waals surface area contributed by atoms with E-state index in [0.717, 1.165) is 25.6 Å². The number of nitrogens with zero attached hydrogens (tertiary/aromatic N) is 1. The number of nitrogens with one attached hydrogen (secondary N) is 1. The van der Waals surface area contributed by atoms with Crippen LogP contribution in [-0.2, 0) is 4.79 Å². The van der Waals surface area contributed by atoms with Crippen molar-refractivity contribution in [1.82, 2.24) is 10.2 Å². The highest BCUT2D eigenvalue weighted by Crippen LogP contribution is 2.23. The minimum Gasteiger partial charge on any atom is -0.343 e. The first-order valence-corrected chi connectivity index (χ1v) is 7.77. The van der Waals surface area contributed by atoms with Crippen molar-refractivity contribution in [2.75, 3.05) is 19.6 Å². The molecule has 0 atom stereocenters. The summed E-state index contributed by atoms with van der Waals surface area (Å²) in [6, 6.07) is 0.662. The van der Waals surface area contributed by atoms with E-state index in [2.05, 4.69) is 12.2 Å². The molecule has 1 amide bonds. The minimum atomic E-state index is 0.353. The Hall–Kier alpha value is -0.570. The van der Waals surface area contributed by atoms with Crippen LogP contribution in [0.4, 0.5) is 0 Å². The highest BCUT2D eigenvalue weighted by atomic mass is 16.2. The summed E-state index contributed by atoms with van der Waals surface area (Å²) in [5, 5.41) is 3.56. The van der Waals surface area contributed by atoms with Crippen molar-refractivity contribution in [3.63, 3.8) is 0 Å². The highest BCUT2D eigenvalue weighted by molar-refractivity contribution is 5.76. The summed E-state index contributed by atoms with van der Waals surface area (Å²) in [6.45, 7) is 5.18. The van der Waals surface area contributed by atoms with Crippen LogP contribution >= 0.6 is 0 Å². The smallest absolute Gasteiger partial charge is 0.223 e. The van der Waals surface area contributed by atoms with Crippen LogP contribution in [0.1, 0.15) is 58.3 Å². The summed E-state index contributed by atoms with van der Waals surface area (Å²) in [7, 11) is 0. The molecule has 1 N–H and O–H groups in total. The van der Waals surface area contributed by atoms with Crippen LogP contribution in [0, 0.1) is 5.92 Å². The summed E-state index contributed by atoms with van der Waals surface area (Å²) in [4.78, 5) is 14.0. The summed E-state index contributed by atoms with van der Waals surface area (Å²) < 4.78 is 0. The fourth-order valence-corrected chi connectivity index (χ4v) is 3.15. The molecule has 1 aliphatic carbocycles. The van der Waals surface area contributed by atoms with Gasteiger partial charge in [0.1, 0.15) is 0 Å². The second kappa shape index (κ2) is 7.13. The summed E-state index contributed by atoms with van der Waals surface area (Å²) in [5.74, 6) is 1.25. The van der Waals surface area contributed by atoms with E-state index < -0.39 is 0 Å². The fourth-order valence-electron chi connectivity index (χ4n) is 3.15. The van der Waals surface area contributed by atoms with Gasteiger partial charge in [-0.05, 0) is 50.9 Å². The Kier molecular flexibility index (Phi) is 5.48. The van der Waals surface area contributed by atoms with Crippen molar-refractivity contribution in [2.24, 2.45) is 5.92 Å². The van der Waals surface area contributed by atoms with E-state index in [1.54, 1.807) is 0 Å². The molecule has 18 heavy (non-hydrogen) atoms. The van der Waals surface area contributed by atoms with E-state index >= 15 is 0 Å². The molecule has 0 spiro atoms. The normalized spacial score (nSPS) is 29.3.